The first-order valence-electron chi connectivity index (χ1n) is 30.1. The van der Waals surface area contributed by atoms with E-state index in [2.05, 4.69) is 45.9 Å². The van der Waals surface area contributed by atoms with Gasteiger partial charge in [0, 0.05) is 77.6 Å². The topological polar surface area (TPSA) is 289 Å². The van der Waals surface area contributed by atoms with Crippen molar-refractivity contribution in [2.24, 2.45) is 0 Å². The summed E-state index contributed by atoms with van der Waals surface area (Å²) in [5, 5.41) is 40.4. The molecule has 0 bridgehead atoms. The summed E-state index contributed by atoms with van der Waals surface area (Å²) < 4.78 is 53.0. The number of fused-ring (bicyclic) bond motifs is 3. The van der Waals surface area contributed by atoms with Gasteiger partial charge in [-0.25, -0.2) is 47.7 Å². The SMILES string of the molecule is CC(NC(=O)OC(C)(C)C)c1nc2ccc(F)cc2c(Cl)c1-c1ccccn1.CC(NC(=O)OC(C)(C)C)c1nc2ccc(F)cc2c(N2CC(O)C2)c1-c1ccccn1.CC(Nc1ncnc(N)c1C#N)c1nc2ccc(F)cc2c(N2CC(O)C2)c1-c1ccccn1. The molecule has 3 unspecified atom stereocenters. The number of alkyl carbamates (subject to hydrolysis) is 2. The number of aliphatic hydroxyl groups excluding tert-OH is 2. The van der Waals surface area contributed by atoms with Crippen molar-refractivity contribution in [3.63, 3.8) is 0 Å². The molecule has 10 aromatic rings. The Morgan fingerprint density at radius 3 is 1.35 bits per heavy atom. The maximum Gasteiger partial charge on any atom is 0.408 e. The Morgan fingerprint density at radius 1 is 0.585 bits per heavy atom. The van der Waals surface area contributed by atoms with Gasteiger partial charge in [-0.1, -0.05) is 29.8 Å². The number of nitrogens with one attached hydrogen (secondary N) is 3. The minimum Gasteiger partial charge on any atom is -0.444 e. The van der Waals surface area contributed by atoms with E-state index in [0.717, 1.165) is 11.4 Å². The number of amides is 2. The molecule has 3 aromatic carbocycles. The summed E-state index contributed by atoms with van der Waals surface area (Å²) in [5.41, 5.74) is 13.5. The number of nitrogens with zero attached hydrogens (tertiary/aromatic N) is 11. The second-order valence-electron chi connectivity index (χ2n) is 24.6. The van der Waals surface area contributed by atoms with Crippen LogP contribution < -0.4 is 31.5 Å². The predicted molar refractivity (Wildman–Crippen MR) is 355 cm³/mol. The fourth-order valence-corrected chi connectivity index (χ4v) is 11.2. The molecule has 7 N–H and O–H groups in total. The van der Waals surface area contributed by atoms with Crippen molar-refractivity contribution in [2.45, 2.75) is 104 Å². The van der Waals surface area contributed by atoms with Gasteiger partial charge in [0.05, 0.1) is 97.4 Å². The first-order valence-corrected chi connectivity index (χ1v) is 30.5. The first-order chi connectivity index (χ1) is 44.7. The monoisotopic (exact) mass is 1300 g/mol. The number of nitriles is 1. The number of carbonyl (C=O) groups is 2. The number of β-amino-alcohol motifs (C(OH)–C–C–N with tert-alkyl or cyclic N) is 2. The van der Waals surface area contributed by atoms with Gasteiger partial charge in [0.2, 0.25) is 0 Å². The molecule has 7 aromatic heterocycles. The maximum absolute atomic E-state index is 14.3. The molecule has 0 aliphatic carbocycles. The van der Waals surface area contributed by atoms with Crippen LogP contribution in [0.25, 0.3) is 66.5 Å². The normalized spacial score (nSPS) is 14.2. The maximum atomic E-state index is 14.3. The molecule has 25 heteroatoms. The van der Waals surface area contributed by atoms with Gasteiger partial charge in [-0.05, 0) is 153 Å². The zero-order chi connectivity index (χ0) is 67.3. The van der Waals surface area contributed by atoms with E-state index in [0.29, 0.717) is 115 Å². The number of halogens is 4. The van der Waals surface area contributed by atoms with Crippen molar-refractivity contribution < 1.29 is 42.4 Å². The number of pyridine rings is 6. The Bertz CT molecular complexity index is 4480. The average Bonchev–Trinajstić information content (AvgIpc) is 0.756. The summed E-state index contributed by atoms with van der Waals surface area (Å²) in [7, 11) is 0. The van der Waals surface area contributed by atoms with Crippen molar-refractivity contribution in [2.75, 3.05) is 47.0 Å². The molecule has 3 atom stereocenters. The third-order valence-electron chi connectivity index (χ3n) is 15.0. The Morgan fingerprint density at radius 2 is 0.968 bits per heavy atom. The van der Waals surface area contributed by atoms with Crippen molar-refractivity contribution in [1.29, 1.82) is 5.26 Å². The van der Waals surface area contributed by atoms with Gasteiger partial charge in [0.15, 0.2) is 0 Å². The highest BCUT2D eigenvalue weighted by Gasteiger charge is 2.35. The van der Waals surface area contributed by atoms with Crippen LogP contribution in [0, 0.1) is 28.8 Å². The summed E-state index contributed by atoms with van der Waals surface area (Å²) in [6.45, 7) is 17.9. The summed E-state index contributed by atoms with van der Waals surface area (Å²) >= 11 is 6.65. The van der Waals surface area contributed by atoms with Crippen LogP contribution in [0.5, 0.6) is 0 Å². The van der Waals surface area contributed by atoms with Crippen LogP contribution in [0.1, 0.15) is 103 Å². The number of rotatable bonds is 12. The smallest absolute Gasteiger partial charge is 0.408 e. The van der Waals surface area contributed by atoms with Crippen LogP contribution in [0.3, 0.4) is 0 Å². The van der Waals surface area contributed by atoms with E-state index in [1.807, 2.05) is 72.2 Å². The summed E-state index contributed by atoms with van der Waals surface area (Å²) in [6.07, 6.45) is 4.24. The van der Waals surface area contributed by atoms with E-state index < -0.39 is 59.5 Å². The number of anilines is 4. The van der Waals surface area contributed by atoms with Crippen LogP contribution in [0.2, 0.25) is 5.02 Å². The van der Waals surface area contributed by atoms with Crippen molar-refractivity contribution in [3.05, 3.63) is 179 Å². The van der Waals surface area contributed by atoms with Crippen LogP contribution in [-0.2, 0) is 9.47 Å². The molecule has 2 amide bonds. The lowest BCUT2D eigenvalue weighted by Crippen LogP contribution is -2.51. The van der Waals surface area contributed by atoms with E-state index in [-0.39, 0.29) is 28.8 Å². The number of carbonyl (C=O) groups excluding carboxylic acids is 2. The van der Waals surface area contributed by atoms with Crippen LogP contribution >= 0.6 is 11.6 Å². The molecular weight excluding hydrogens is 1230 g/mol. The molecule has 12 rings (SSSR count). The Balaban J connectivity index is 0.000000155. The van der Waals surface area contributed by atoms with E-state index in [1.165, 1.54) is 42.7 Å². The van der Waals surface area contributed by atoms with Crippen LogP contribution in [0.4, 0.5) is 45.8 Å². The fraction of sp³-hybridized carbons (Fsp3) is 0.290. The number of nitrogens with two attached hydrogens (primary N) is 1. The van der Waals surface area contributed by atoms with Gasteiger partial charge in [-0.3, -0.25) is 15.0 Å². The van der Waals surface area contributed by atoms with Gasteiger partial charge in [-0.15, -0.1) is 0 Å². The number of hydrogen-bond acceptors (Lipinski definition) is 19. The molecule has 2 fully saturated rings. The molecule has 21 nitrogen and oxygen atoms in total. The Hall–Kier alpha value is -10.4. The van der Waals surface area contributed by atoms with Gasteiger partial charge in [0.25, 0.3) is 0 Å². The molecule has 2 aliphatic rings. The highest BCUT2D eigenvalue weighted by Crippen LogP contribution is 2.45. The van der Waals surface area contributed by atoms with E-state index >= 15 is 0 Å². The summed E-state index contributed by atoms with van der Waals surface area (Å²) in [5.74, 6) is -0.791. The zero-order valence-corrected chi connectivity index (χ0v) is 53.7. The molecule has 94 heavy (non-hydrogen) atoms. The molecule has 484 valence electrons. The van der Waals surface area contributed by atoms with Gasteiger partial charge >= 0.3 is 12.2 Å². The predicted octanol–water partition coefficient (Wildman–Crippen LogP) is 12.9. The number of ether oxygens (including phenoxy) is 2. The fourth-order valence-electron chi connectivity index (χ4n) is 10.8. The minimum atomic E-state index is -0.638. The minimum absolute atomic E-state index is 0.0781. The Labute approximate surface area is 545 Å². The number of aliphatic hydroxyl groups is 2. The van der Waals surface area contributed by atoms with Crippen LogP contribution in [-0.4, -0.2) is 112 Å². The largest absolute Gasteiger partial charge is 0.444 e. The van der Waals surface area contributed by atoms with E-state index in [4.69, 9.17) is 36.8 Å². The van der Waals surface area contributed by atoms with Gasteiger partial charge in [0.1, 0.15) is 58.2 Å². The third-order valence-corrected chi connectivity index (χ3v) is 15.4. The van der Waals surface area contributed by atoms with Crippen LogP contribution in [0.15, 0.2) is 134 Å². The standard InChI is InChI=1S/C24H21FN8O.C24H27FN4O3.C21H21ClFN3O2/c1-13(31-24-17(9-26)23(27)29-12-30-24)21-20(19-4-2-3-7-28-19)22(33-10-15(34)11-33)16-8-14(25)5-6-18(16)32-21;1-14(27-23(31)32-24(2,3)4)21-20(19-7-5-6-10-26-19)22(29-12-16(30)13-29)17-11-15(25)8-9-18(17)28-21;1-12(25-20(27)28-21(2,3)4)19-17(16-7-5-6-10-24-16)18(22)14-11-13(23)8-9-15(14)26-19/h2-8,12-13,15,34H,10-11H2,1H3,(H3,27,29,30,31);5-11,14,16,30H,12-13H2,1-4H3,(H,27,31);5-12H,1-4H3,(H,25,27). The van der Waals surface area contributed by atoms with Crippen molar-refractivity contribution in [1.82, 2.24) is 50.5 Å². The number of aromatic nitrogens is 8. The molecule has 2 saturated heterocycles. The van der Waals surface area contributed by atoms with Gasteiger partial charge < -0.3 is 51.2 Å². The van der Waals surface area contributed by atoms with E-state index in [9.17, 15) is 38.2 Å². The number of hydrogen-bond donors (Lipinski definition) is 6. The number of benzene rings is 3. The Kier molecular flexibility index (Phi) is 19.7. The zero-order valence-electron chi connectivity index (χ0n) is 53.0. The number of nitrogen functional groups attached to an aromatic ring is 1. The average molecular weight is 1300 g/mol. The van der Waals surface area contributed by atoms with Gasteiger partial charge in [-0.2, -0.15) is 5.26 Å². The third kappa shape index (κ3) is 15.2. The molecule has 9 heterocycles. The lowest BCUT2D eigenvalue weighted by Gasteiger charge is -2.40. The molecule has 2 aliphatic heterocycles. The highest BCUT2D eigenvalue weighted by molar-refractivity contribution is 6.38. The molecule has 0 spiro atoms. The molecule has 0 radical (unpaired) electrons. The first kappa shape index (κ1) is 66.6. The van der Waals surface area contributed by atoms with Crippen molar-refractivity contribution in [3.8, 4) is 39.8 Å². The molecule has 0 saturated carbocycles. The second-order valence-corrected chi connectivity index (χ2v) is 24.9. The molecular formula is C69H69ClF3N15O6. The quantitative estimate of drug-likeness (QED) is 0.0662. The van der Waals surface area contributed by atoms with E-state index in [1.54, 1.807) is 97.4 Å². The lowest BCUT2D eigenvalue weighted by atomic mass is 9.95. The lowest BCUT2D eigenvalue weighted by molar-refractivity contribution is 0.0495. The second kappa shape index (κ2) is 27.9. The van der Waals surface area contributed by atoms with Crippen molar-refractivity contribution >= 4 is 79.5 Å². The highest BCUT2D eigenvalue weighted by atomic mass is 35.5. The summed E-state index contributed by atoms with van der Waals surface area (Å²) in [6, 6.07) is 30.1. The summed E-state index contributed by atoms with van der Waals surface area (Å²) in [4.78, 5) is 64.5.